The van der Waals surface area contributed by atoms with Gasteiger partial charge < -0.3 is 10.1 Å². The fourth-order valence-corrected chi connectivity index (χ4v) is 2.67. The van der Waals surface area contributed by atoms with Crippen molar-refractivity contribution < 1.29 is 4.74 Å². The molecule has 1 atom stereocenters. The van der Waals surface area contributed by atoms with Crippen molar-refractivity contribution in [2.75, 3.05) is 19.8 Å². The van der Waals surface area contributed by atoms with Gasteiger partial charge in [0.05, 0.1) is 6.61 Å². The zero-order valence-electron chi connectivity index (χ0n) is 10.3. The maximum absolute atomic E-state index is 5.65. The summed E-state index contributed by atoms with van der Waals surface area (Å²) >= 11 is 0. The summed E-state index contributed by atoms with van der Waals surface area (Å²) in [6, 6.07) is 11.6. The summed E-state index contributed by atoms with van der Waals surface area (Å²) < 4.78 is 5.65. The van der Waals surface area contributed by atoms with Crippen LogP contribution >= 0.6 is 0 Å². The molecule has 1 heterocycles. The quantitative estimate of drug-likeness (QED) is 0.840. The largest absolute Gasteiger partial charge is 0.381 e. The lowest BCUT2D eigenvalue weighted by molar-refractivity contribution is 0.149. The van der Waals surface area contributed by atoms with E-state index < -0.39 is 0 Å². The van der Waals surface area contributed by atoms with E-state index >= 15 is 0 Å². The standard InChI is InChI=1S/C15H21NO/c1-2-4-13(5-3-1)10-15(8-9-17-12-15)11-16-14-6-7-14/h1-5,14,16H,6-12H2. The van der Waals surface area contributed by atoms with Crippen molar-refractivity contribution in [3.8, 4) is 0 Å². The van der Waals surface area contributed by atoms with Crippen LogP contribution in [0.3, 0.4) is 0 Å². The summed E-state index contributed by atoms with van der Waals surface area (Å²) in [5, 5.41) is 3.68. The van der Waals surface area contributed by atoms with E-state index in [-0.39, 0.29) is 0 Å². The van der Waals surface area contributed by atoms with Crippen molar-refractivity contribution in [2.45, 2.75) is 31.7 Å². The number of hydrogen-bond acceptors (Lipinski definition) is 2. The van der Waals surface area contributed by atoms with Gasteiger partial charge in [-0.3, -0.25) is 0 Å². The van der Waals surface area contributed by atoms with Crippen LogP contribution in [0.25, 0.3) is 0 Å². The molecule has 1 aromatic carbocycles. The Bertz CT molecular complexity index is 352. The summed E-state index contributed by atoms with van der Waals surface area (Å²) in [5.74, 6) is 0. The average Bonchev–Trinajstić information content (AvgIpc) is 3.09. The first-order valence-corrected chi connectivity index (χ1v) is 6.71. The van der Waals surface area contributed by atoms with Gasteiger partial charge in [-0.2, -0.15) is 0 Å². The summed E-state index contributed by atoms with van der Waals surface area (Å²) in [4.78, 5) is 0. The van der Waals surface area contributed by atoms with Gasteiger partial charge in [0.1, 0.15) is 0 Å². The van der Waals surface area contributed by atoms with Crippen LogP contribution in [0.1, 0.15) is 24.8 Å². The lowest BCUT2D eigenvalue weighted by Crippen LogP contribution is -2.37. The Morgan fingerprint density at radius 2 is 2.06 bits per heavy atom. The highest BCUT2D eigenvalue weighted by Crippen LogP contribution is 2.33. The van der Waals surface area contributed by atoms with Crippen LogP contribution in [-0.4, -0.2) is 25.8 Å². The Hall–Kier alpha value is -0.860. The fraction of sp³-hybridized carbons (Fsp3) is 0.600. The Balaban J connectivity index is 1.65. The second kappa shape index (κ2) is 4.79. The smallest absolute Gasteiger partial charge is 0.0538 e. The average molecular weight is 231 g/mol. The Morgan fingerprint density at radius 3 is 2.71 bits per heavy atom. The van der Waals surface area contributed by atoms with Crippen molar-refractivity contribution in [1.29, 1.82) is 0 Å². The second-order valence-corrected chi connectivity index (χ2v) is 5.62. The lowest BCUT2D eigenvalue weighted by atomic mass is 9.81. The lowest BCUT2D eigenvalue weighted by Gasteiger charge is -2.28. The molecule has 3 rings (SSSR count). The molecule has 2 aliphatic rings. The number of hydrogen-bond donors (Lipinski definition) is 1. The van der Waals surface area contributed by atoms with Gasteiger partial charge in [-0.15, -0.1) is 0 Å². The maximum atomic E-state index is 5.65. The Morgan fingerprint density at radius 1 is 1.24 bits per heavy atom. The molecule has 1 N–H and O–H groups in total. The first-order valence-electron chi connectivity index (χ1n) is 6.71. The van der Waals surface area contributed by atoms with Crippen LogP contribution in [-0.2, 0) is 11.2 Å². The topological polar surface area (TPSA) is 21.3 Å². The third kappa shape index (κ3) is 2.88. The minimum absolute atomic E-state index is 0.337. The van der Waals surface area contributed by atoms with Crippen LogP contribution in [0.15, 0.2) is 30.3 Å². The minimum atomic E-state index is 0.337. The van der Waals surface area contributed by atoms with E-state index in [0.29, 0.717) is 5.41 Å². The molecule has 0 radical (unpaired) electrons. The van der Waals surface area contributed by atoms with Crippen molar-refractivity contribution >= 4 is 0 Å². The summed E-state index contributed by atoms with van der Waals surface area (Å²) in [7, 11) is 0. The molecule has 0 spiro atoms. The minimum Gasteiger partial charge on any atom is -0.381 e. The summed E-state index contributed by atoms with van der Waals surface area (Å²) in [5.41, 5.74) is 1.78. The molecule has 92 valence electrons. The maximum Gasteiger partial charge on any atom is 0.0538 e. The number of benzene rings is 1. The van der Waals surface area contributed by atoms with E-state index in [0.717, 1.165) is 32.2 Å². The molecule has 2 fully saturated rings. The third-order valence-corrected chi connectivity index (χ3v) is 3.95. The highest BCUT2D eigenvalue weighted by Gasteiger charge is 2.36. The normalized spacial score (nSPS) is 28.5. The van der Waals surface area contributed by atoms with Crippen LogP contribution in [0.2, 0.25) is 0 Å². The molecular weight excluding hydrogens is 210 g/mol. The van der Waals surface area contributed by atoms with Gasteiger partial charge in [-0.05, 0) is 31.2 Å². The number of ether oxygens (including phenoxy) is 1. The van der Waals surface area contributed by atoms with Crippen LogP contribution in [0, 0.1) is 5.41 Å². The van der Waals surface area contributed by atoms with E-state index in [1.807, 2.05) is 0 Å². The third-order valence-electron chi connectivity index (χ3n) is 3.95. The number of rotatable bonds is 5. The van der Waals surface area contributed by atoms with Crippen LogP contribution < -0.4 is 5.32 Å². The summed E-state index contributed by atoms with van der Waals surface area (Å²) in [6.07, 6.45) is 5.07. The molecule has 1 saturated heterocycles. The molecule has 17 heavy (non-hydrogen) atoms. The highest BCUT2D eigenvalue weighted by molar-refractivity contribution is 5.17. The van der Waals surface area contributed by atoms with Gasteiger partial charge in [-0.1, -0.05) is 30.3 Å². The first kappa shape index (κ1) is 11.2. The predicted octanol–water partition coefficient (Wildman–Crippen LogP) is 2.39. The van der Waals surface area contributed by atoms with Crippen LogP contribution in [0.4, 0.5) is 0 Å². The molecule has 1 aliphatic heterocycles. The molecule has 1 unspecified atom stereocenters. The Kier molecular flexibility index (Phi) is 3.17. The van der Waals surface area contributed by atoms with Gasteiger partial charge in [0.25, 0.3) is 0 Å². The first-order chi connectivity index (χ1) is 8.36. The van der Waals surface area contributed by atoms with Crippen molar-refractivity contribution in [3.63, 3.8) is 0 Å². The van der Waals surface area contributed by atoms with E-state index in [9.17, 15) is 0 Å². The van der Waals surface area contributed by atoms with Crippen molar-refractivity contribution in [2.24, 2.45) is 5.41 Å². The van der Waals surface area contributed by atoms with Crippen molar-refractivity contribution in [1.82, 2.24) is 5.32 Å². The van der Waals surface area contributed by atoms with E-state index in [2.05, 4.69) is 35.6 Å². The zero-order valence-corrected chi connectivity index (χ0v) is 10.3. The van der Waals surface area contributed by atoms with Crippen LogP contribution in [0.5, 0.6) is 0 Å². The molecule has 1 aliphatic carbocycles. The fourth-order valence-electron chi connectivity index (χ4n) is 2.67. The zero-order chi connectivity index (χ0) is 11.6. The molecule has 2 nitrogen and oxygen atoms in total. The second-order valence-electron chi connectivity index (χ2n) is 5.62. The van der Waals surface area contributed by atoms with E-state index in [1.165, 1.54) is 24.8 Å². The van der Waals surface area contributed by atoms with Gasteiger partial charge >= 0.3 is 0 Å². The predicted molar refractivity (Wildman–Crippen MR) is 69.0 cm³/mol. The molecule has 0 bridgehead atoms. The molecule has 1 saturated carbocycles. The summed E-state index contributed by atoms with van der Waals surface area (Å²) in [6.45, 7) is 2.97. The van der Waals surface area contributed by atoms with E-state index in [1.54, 1.807) is 0 Å². The molecule has 1 aromatic rings. The Labute approximate surface area is 103 Å². The number of nitrogens with one attached hydrogen (secondary N) is 1. The molecule has 2 heteroatoms. The van der Waals surface area contributed by atoms with Crippen molar-refractivity contribution in [3.05, 3.63) is 35.9 Å². The van der Waals surface area contributed by atoms with Gasteiger partial charge in [0, 0.05) is 24.6 Å². The molecule has 0 aromatic heterocycles. The van der Waals surface area contributed by atoms with E-state index in [4.69, 9.17) is 4.74 Å². The van der Waals surface area contributed by atoms with Gasteiger partial charge in [0.2, 0.25) is 0 Å². The SMILES string of the molecule is c1ccc(CC2(CNC3CC3)CCOC2)cc1. The molecule has 0 amide bonds. The van der Waals surface area contributed by atoms with Gasteiger partial charge in [-0.25, -0.2) is 0 Å². The highest BCUT2D eigenvalue weighted by atomic mass is 16.5. The molecular formula is C15H21NO. The van der Waals surface area contributed by atoms with Gasteiger partial charge in [0.15, 0.2) is 0 Å². The monoisotopic (exact) mass is 231 g/mol.